The number of ether oxygens (including phenoxy) is 1. The van der Waals surface area contributed by atoms with Crippen LogP contribution >= 0.6 is 11.8 Å². The summed E-state index contributed by atoms with van der Waals surface area (Å²) in [6.45, 7) is 0.0819. The number of hydrogen-bond acceptors (Lipinski definition) is 4. The lowest BCUT2D eigenvalue weighted by Gasteiger charge is -2.20. The summed E-state index contributed by atoms with van der Waals surface area (Å²) in [5, 5.41) is 11.9. The van der Waals surface area contributed by atoms with E-state index in [0.717, 1.165) is 16.9 Å². The van der Waals surface area contributed by atoms with Crippen LogP contribution in [-0.4, -0.2) is 36.2 Å². The van der Waals surface area contributed by atoms with Gasteiger partial charge in [0, 0.05) is 5.75 Å². The molecule has 0 radical (unpaired) electrons. The molecular weight excluding hydrogens is 310 g/mol. The quantitative estimate of drug-likeness (QED) is 0.730. The van der Waals surface area contributed by atoms with Gasteiger partial charge < -0.3 is 15.2 Å². The highest BCUT2D eigenvalue weighted by molar-refractivity contribution is 7.99. The summed E-state index contributed by atoms with van der Waals surface area (Å²) in [7, 11) is 1.63. The zero-order chi connectivity index (χ0) is 16.5. The summed E-state index contributed by atoms with van der Waals surface area (Å²) in [4.78, 5) is 12.2. The van der Waals surface area contributed by atoms with Crippen LogP contribution in [0.15, 0.2) is 54.6 Å². The summed E-state index contributed by atoms with van der Waals surface area (Å²) in [6.07, 6.45) is 0. The van der Waals surface area contributed by atoms with Gasteiger partial charge in [0.2, 0.25) is 5.91 Å². The van der Waals surface area contributed by atoms with Gasteiger partial charge in [-0.05, 0) is 23.3 Å². The molecule has 0 aliphatic rings. The summed E-state index contributed by atoms with van der Waals surface area (Å²) < 4.78 is 5.19. The van der Waals surface area contributed by atoms with Gasteiger partial charge in [-0.15, -0.1) is 11.8 Å². The Bertz CT molecular complexity index is 601. The predicted molar refractivity (Wildman–Crippen MR) is 93.8 cm³/mol. The Hall–Kier alpha value is -1.98. The van der Waals surface area contributed by atoms with Gasteiger partial charge in [0.1, 0.15) is 5.75 Å². The van der Waals surface area contributed by atoms with Gasteiger partial charge in [-0.2, -0.15) is 0 Å². The van der Waals surface area contributed by atoms with E-state index in [4.69, 9.17) is 9.84 Å². The molecule has 0 aliphatic heterocycles. The summed E-state index contributed by atoms with van der Waals surface area (Å²) in [5.41, 5.74) is 2.02. The monoisotopic (exact) mass is 331 g/mol. The number of thioether (sulfide) groups is 1. The van der Waals surface area contributed by atoms with Gasteiger partial charge in [0.15, 0.2) is 0 Å². The van der Waals surface area contributed by atoms with Crippen molar-refractivity contribution in [1.29, 1.82) is 0 Å². The van der Waals surface area contributed by atoms with Gasteiger partial charge in [-0.1, -0.05) is 42.5 Å². The molecule has 0 aromatic heterocycles. The zero-order valence-electron chi connectivity index (χ0n) is 13.1. The van der Waals surface area contributed by atoms with Crippen LogP contribution in [0.3, 0.4) is 0 Å². The van der Waals surface area contributed by atoms with E-state index in [2.05, 4.69) is 5.32 Å². The fraction of sp³-hybridized carbons (Fsp3) is 0.278. The maximum atomic E-state index is 12.2. The average molecular weight is 331 g/mol. The molecule has 0 unspecified atom stereocenters. The van der Waals surface area contributed by atoms with Crippen molar-refractivity contribution in [2.75, 3.05) is 25.2 Å². The number of amides is 1. The summed E-state index contributed by atoms with van der Waals surface area (Å²) in [5.74, 6) is 1.63. The lowest BCUT2D eigenvalue weighted by atomic mass is 9.98. The van der Waals surface area contributed by atoms with E-state index < -0.39 is 0 Å². The highest BCUT2D eigenvalue weighted by atomic mass is 32.2. The van der Waals surface area contributed by atoms with Gasteiger partial charge in [-0.25, -0.2) is 0 Å². The third-order valence-corrected chi connectivity index (χ3v) is 4.29. The number of hydrogen-bond donors (Lipinski definition) is 2. The molecule has 4 nitrogen and oxygen atoms in total. The molecule has 0 spiro atoms. The Morgan fingerprint density at radius 2 is 1.78 bits per heavy atom. The molecule has 1 atom stereocenters. The van der Waals surface area contributed by atoms with Crippen molar-refractivity contribution >= 4 is 17.7 Å². The Kier molecular flexibility index (Phi) is 6.97. The first-order chi connectivity index (χ1) is 11.2. The molecule has 23 heavy (non-hydrogen) atoms. The van der Waals surface area contributed by atoms with Crippen LogP contribution < -0.4 is 10.1 Å². The predicted octanol–water partition coefficient (Wildman–Crippen LogP) is 2.63. The zero-order valence-corrected chi connectivity index (χ0v) is 13.9. The molecule has 1 amide bonds. The van der Waals surface area contributed by atoms with E-state index in [1.165, 1.54) is 11.8 Å². The fourth-order valence-corrected chi connectivity index (χ4v) is 2.78. The SMILES string of the molecule is COc1ccc([C@@H](NC(=O)CSCCO)c2ccccc2)cc1. The smallest absolute Gasteiger partial charge is 0.230 e. The minimum Gasteiger partial charge on any atom is -0.497 e. The van der Waals surface area contributed by atoms with E-state index in [-0.39, 0.29) is 18.6 Å². The molecule has 0 aliphatic carbocycles. The molecule has 0 bridgehead atoms. The average Bonchev–Trinajstić information content (AvgIpc) is 2.61. The maximum absolute atomic E-state index is 12.2. The number of rotatable bonds is 8. The molecule has 5 heteroatoms. The van der Waals surface area contributed by atoms with Crippen molar-refractivity contribution in [3.8, 4) is 5.75 Å². The molecular formula is C18H21NO3S. The minimum atomic E-state index is -0.204. The Balaban J connectivity index is 2.16. The second-order valence-corrected chi connectivity index (χ2v) is 6.07. The standard InChI is InChI=1S/C18H21NO3S/c1-22-16-9-7-15(8-10-16)18(14-5-3-2-4-6-14)19-17(21)13-23-12-11-20/h2-10,18,20H,11-13H2,1H3,(H,19,21)/t18-/m0/s1. The van der Waals surface area contributed by atoms with Crippen LogP contribution in [0, 0.1) is 0 Å². The molecule has 0 fully saturated rings. The molecule has 122 valence electrons. The van der Waals surface area contributed by atoms with Crippen molar-refractivity contribution in [3.63, 3.8) is 0 Å². The second-order valence-electron chi connectivity index (χ2n) is 4.96. The fourth-order valence-electron chi connectivity index (χ4n) is 2.23. The maximum Gasteiger partial charge on any atom is 0.230 e. The lowest BCUT2D eigenvalue weighted by Crippen LogP contribution is -2.30. The van der Waals surface area contributed by atoms with Crippen LogP contribution in [0.1, 0.15) is 17.2 Å². The van der Waals surface area contributed by atoms with Crippen LogP contribution in [0.5, 0.6) is 5.75 Å². The third kappa shape index (κ3) is 5.30. The number of aliphatic hydroxyl groups is 1. The number of carbonyl (C=O) groups is 1. The molecule has 2 rings (SSSR count). The van der Waals surface area contributed by atoms with Crippen molar-refractivity contribution in [2.45, 2.75) is 6.04 Å². The molecule has 0 heterocycles. The highest BCUT2D eigenvalue weighted by Gasteiger charge is 2.16. The molecule has 2 aromatic rings. The normalized spacial score (nSPS) is 11.7. The third-order valence-electron chi connectivity index (χ3n) is 3.36. The van der Waals surface area contributed by atoms with Gasteiger partial charge in [-0.3, -0.25) is 4.79 Å². The number of carbonyl (C=O) groups excluding carboxylic acids is 1. The first-order valence-electron chi connectivity index (χ1n) is 7.41. The second kappa shape index (κ2) is 9.22. The van der Waals surface area contributed by atoms with Gasteiger partial charge in [0.25, 0.3) is 0 Å². The molecule has 0 saturated carbocycles. The number of benzene rings is 2. The molecule has 0 saturated heterocycles. The van der Waals surface area contributed by atoms with Crippen LogP contribution in [0.4, 0.5) is 0 Å². The Morgan fingerprint density at radius 1 is 1.13 bits per heavy atom. The molecule has 2 N–H and O–H groups in total. The van der Waals surface area contributed by atoms with E-state index in [9.17, 15) is 4.79 Å². The largest absolute Gasteiger partial charge is 0.497 e. The first kappa shape index (κ1) is 17.4. The first-order valence-corrected chi connectivity index (χ1v) is 8.57. The van der Waals surface area contributed by atoms with E-state index in [0.29, 0.717) is 11.5 Å². The number of aliphatic hydroxyl groups excluding tert-OH is 1. The van der Waals surface area contributed by atoms with E-state index in [1.807, 2.05) is 54.6 Å². The van der Waals surface area contributed by atoms with E-state index in [1.54, 1.807) is 7.11 Å². The van der Waals surface area contributed by atoms with Crippen molar-refractivity contribution in [1.82, 2.24) is 5.32 Å². The van der Waals surface area contributed by atoms with Crippen molar-refractivity contribution < 1.29 is 14.6 Å². The number of methoxy groups -OCH3 is 1. The Morgan fingerprint density at radius 3 is 2.39 bits per heavy atom. The van der Waals surface area contributed by atoms with Crippen LogP contribution in [0.25, 0.3) is 0 Å². The van der Waals surface area contributed by atoms with Crippen LogP contribution in [-0.2, 0) is 4.79 Å². The van der Waals surface area contributed by atoms with Crippen molar-refractivity contribution in [3.05, 3.63) is 65.7 Å². The van der Waals surface area contributed by atoms with E-state index >= 15 is 0 Å². The van der Waals surface area contributed by atoms with Crippen molar-refractivity contribution in [2.24, 2.45) is 0 Å². The minimum absolute atomic E-state index is 0.0480. The lowest BCUT2D eigenvalue weighted by molar-refractivity contribution is -0.119. The number of nitrogens with one attached hydrogen (secondary N) is 1. The van der Waals surface area contributed by atoms with Gasteiger partial charge in [0.05, 0.1) is 25.5 Å². The Labute approximate surface area is 140 Å². The highest BCUT2D eigenvalue weighted by Crippen LogP contribution is 2.24. The topological polar surface area (TPSA) is 58.6 Å². The molecule has 2 aromatic carbocycles. The summed E-state index contributed by atoms with van der Waals surface area (Å²) >= 11 is 1.42. The summed E-state index contributed by atoms with van der Waals surface area (Å²) in [6, 6.07) is 17.3. The van der Waals surface area contributed by atoms with Gasteiger partial charge >= 0.3 is 0 Å². The van der Waals surface area contributed by atoms with Crippen LogP contribution in [0.2, 0.25) is 0 Å².